The number of rotatable bonds is 5. The molecule has 31 heavy (non-hydrogen) atoms. The number of anilines is 1. The second kappa shape index (κ2) is 8.62. The fourth-order valence-electron chi connectivity index (χ4n) is 3.36. The molecule has 0 fully saturated rings. The van der Waals surface area contributed by atoms with E-state index in [1.807, 2.05) is 37.3 Å². The number of halogens is 1. The summed E-state index contributed by atoms with van der Waals surface area (Å²) in [7, 11) is 1.50. The molecule has 7 heteroatoms. The number of benzene rings is 2. The number of carbonyl (C=O) groups excluding carboxylic acids is 1. The zero-order valence-corrected chi connectivity index (χ0v) is 17.8. The summed E-state index contributed by atoms with van der Waals surface area (Å²) in [5.74, 6) is -0.103. The fraction of sp³-hybridized carbons (Fsp3) is 0.125. The molecule has 156 valence electrons. The number of nitrogens with one attached hydrogen (secondary N) is 1. The lowest BCUT2D eigenvalue weighted by atomic mass is 10.1. The summed E-state index contributed by atoms with van der Waals surface area (Å²) >= 11 is 6.06. The molecule has 0 bridgehead atoms. The van der Waals surface area contributed by atoms with E-state index in [0.717, 1.165) is 11.1 Å². The van der Waals surface area contributed by atoms with Gasteiger partial charge in [0.25, 0.3) is 11.5 Å². The number of methoxy groups -OCH3 is 1. The maximum Gasteiger partial charge on any atom is 0.265 e. The van der Waals surface area contributed by atoms with Gasteiger partial charge < -0.3 is 10.1 Å². The van der Waals surface area contributed by atoms with Gasteiger partial charge >= 0.3 is 0 Å². The first-order valence-corrected chi connectivity index (χ1v) is 10.0. The summed E-state index contributed by atoms with van der Waals surface area (Å²) in [5, 5.41) is 3.87. The fourth-order valence-corrected chi connectivity index (χ4v) is 3.53. The number of ether oxygens (including phenoxy) is 1. The van der Waals surface area contributed by atoms with Gasteiger partial charge in [-0.25, -0.2) is 4.98 Å². The van der Waals surface area contributed by atoms with E-state index in [2.05, 4.69) is 10.3 Å². The quantitative estimate of drug-likeness (QED) is 0.496. The molecule has 0 saturated carbocycles. The molecule has 0 unspecified atom stereocenters. The van der Waals surface area contributed by atoms with Gasteiger partial charge in [0.05, 0.1) is 19.3 Å². The van der Waals surface area contributed by atoms with E-state index in [-0.39, 0.29) is 5.56 Å². The number of pyridine rings is 2. The first-order chi connectivity index (χ1) is 15.0. The first-order valence-electron chi connectivity index (χ1n) is 9.65. The Morgan fingerprint density at radius 3 is 2.65 bits per heavy atom. The third-order valence-electron chi connectivity index (χ3n) is 4.96. The second-order valence-corrected chi connectivity index (χ2v) is 7.59. The molecule has 0 spiro atoms. The lowest BCUT2D eigenvalue weighted by Crippen LogP contribution is -2.30. The van der Waals surface area contributed by atoms with Crippen LogP contribution in [-0.2, 0) is 6.54 Å². The first kappa shape index (κ1) is 20.6. The van der Waals surface area contributed by atoms with E-state index in [1.54, 1.807) is 36.5 Å². The van der Waals surface area contributed by atoms with Crippen molar-refractivity contribution in [2.75, 3.05) is 12.4 Å². The number of fused-ring (bicyclic) bond motifs is 1. The summed E-state index contributed by atoms with van der Waals surface area (Å²) in [4.78, 5) is 30.7. The molecule has 0 atom stereocenters. The van der Waals surface area contributed by atoms with Crippen LogP contribution in [0.2, 0.25) is 5.02 Å². The van der Waals surface area contributed by atoms with Crippen LogP contribution < -0.4 is 15.6 Å². The number of aromatic nitrogens is 2. The highest BCUT2D eigenvalue weighted by Crippen LogP contribution is 2.28. The molecule has 1 N–H and O–H groups in total. The van der Waals surface area contributed by atoms with Crippen LogP contribution in [-0.4, -0.2) is 22.6 Å². The van der Waals surface area contributed by atoms with Gasteiger partial charge in [-0.15, -0.1) is 0 Å². The Morgan fingerprint density at radius 2 is 1.90 bits per heavy atom. The highest BCUT2D eigenvalue weighted by Gasteiger charge is 2.18. The lowest BCUT2D eigenvalue weighted by molar-refractivity contribution is 0.102. The van der Waals surface area contributed by atoms with Crippen LogP contribution in [0.1, 0.15) is 21.5 Å². The number of carbonyl (C=O) groups is 1. The van der Waals surface area contributed by atoms with Crippen LogP contribution in [0.4, 0.5) is 5.69 Å². The van der Waals surface area contributed by atoms with Gasteiger partial charge in [-0.3, -0.25) is 14.2 Å². The van der Waals surface area contributed by atoms with Crippen molar-refractivity contribution in [3.63, 3.8) is 0 Å². The minimum atomic E-state index is -0.547. The maximum absolute atomic E-state index is 13.3. The van der Waals surface area contributed by atoms with E-state index in [4.69, 9.17) is 16.3 Å². The van der Waals surface area contributed by atoms with E-state index in [1.165, 1.54) is 11.7 Å². The predicted molar refractivity (Wildman–Crippen MR) is 122 cm³/mol. The molecule has 4 aromatic rings. The van der Waals surface area contributed by atoms with Crippen molar-refractivity contribution < 1.29 is 9.53 Å². The Morgan fingerprint density at radius 1 is 1.13 bits per heavy atom. The number of hydrogen-bond donors (Lipinski definition) is 1. The molecule has 4 rings (SSSR count). The second-order valence-electron chi connectivity index (χ2n) is 7.15. The molecule has 1 amide bonds. The number of amides is 1. The van der Waals surface area contributed by atoms with Gasteiger partial charge in [-0.05, 0) is 48.9 Å². The average molecular weight is 434 g/mol. The standard InChI is InChI=1S/C24H20ClN3O3/c1-15-5-7-16(8-6-15)14-28-22-17(4-3-11-26-22)12-19(24(28)30)23(29)27-20-13-18(25)9-10-21(20)31-2/h3-13H,14H2,1-2H3,(H,27,29). The van der Waals surface area contributed by atoms with Crippen molar-refractivity contribution >= 4 is 34.2 Å². The van der Waals surface area contributed by atoms with Crippen LogP contribution in [0.25, 0.3) is 11.0 Å². The van der Waals surface area contributed by atoms with E-state index in [0.29, 0.717) is 34.0 Å². The molecule has 0 saturated heterocycles. The van der Waals surface area contributed by atoms with Gasteiger partial charge in [0, 0.05) is 16.6 Å². The minimum absolute atomic E-state index is 0.00893. The van der Waals surface area contributed by atoms with Gasteiger partial charge in [-0.1, -0.05) is 41.4 Å². The summed E-state index contributed by atoms with van der Waals surface area (Å²) in [6.07, 6.45) is 1.63. The molecule has 0 aliphatic carbocycles. The molecule has 6 nitrogen and oxygen atoms in total. The van der Waals surface area contributed by atoms with Crippen molar-refractivity contribution in [3.8, 4) is 5.75 Å². The molecular weight excluding hydrogens is 414 g/mol. The van der Waals surface area contributed by atoms with Crippen molar-refractivity contribution in [3.05, 3.63) is 98.9 Å². The van der Waals surface area contributed by atoms with Gasteiger partial charge in [-0.2, -0.15) is 0 Å². The van der Waals surface area contributed by atoms with Crippen molar-refractivity contribution in [1.82, 2.24) is 9.55 Å². The summed E-state index contributed by atoms with van der Waals surface area (Å²) in [5.41, 5.74) is 2.55. The monoisotopic (exact) mass is 433 g/mol. The third-order valence-corrected chi connectivity index (χ3v) is 5.20. The van der Waals surface area contributed by atoms with Crippen LogP contribution in [0.5, 0.6) is 5.75 Å². The minimum Gasteiger partial charge on any atom is -0.495 e. The molecule has 0 radical (unpaired) electrons. The Kier molecular flexibility index (Phi) is 5.73. The van der Waals surface area contributed by atoms with Gasteiger partial charge in [0.1, 0.15) is 17.0 Å². The highest BCUT2D eigenvalue weighted by atomic mass is 35.5. The molecule has 2 heterocycles. The van der Waals surface area contributed by atoms with E-state index < -0.39 is 11.5 Å². The SMILES string of the molecule is COc1ccc(Cl)cc1NC(=O)c1cc2cccnc2n(Cc2ccc(C)cc2)c1=O. The summed E-state index contributed by atoms with van der Waals surface area (Å²) in [6, 6.07) is 17.9. The summed E-state index contributed by atoms with van der Waals surface area (Å²) in [6.45, 7) is 2.30. The Bertz CT molecular complexity index is 1330. The van der Waals surface area contributed by atoms with Crippen LogP contribution in [0.15, 0.2) is 71.7 Å². The molecule has 2 aromatic carbocycles. The Labute approximate surface area is 184 Å². The number of nitrogens with zero attached hydrogens (tertiary/aromatic N) is 2. The predicted octanol–water partition coefficient (Wildman–Crippen LogP) is 4.67. The van der Waals surface area contributed by atoms with E-state index >= 15 is 0 Å². The zero-order valence-electron chi connectivity index (χ0n) is 17.1. The summed E-state index contributed by atoms with van der Waals surface area (Å²) < 4.78 is 6.80. The van der Waals surface area contributed by atoms with E-state index in [9.17, 15) is 9.59 Å². The van der Waals surface area contributed by atoms with Crippen LogP contribution in [0, 0.1) is 6.92 Å². The van der Waals surface area contributed by atoms with Crippen molar-refractivity contribution in [2.45, 2.75) is 13.5 Å². The largest absolute Gasteiger partial charge is 0.495 e. The van der Waals surface area contributed by atoms with Gasteiger partial charge in [0.15, 0.2) is 0 Å². The normalized spacial score (nSPS) is 10.8. The van der Waals surface area contributed by atoms with Crippen LogP contribution >= 0.6 is 11.6 Å². The third kappa shape index (κ3) is 4.29. The van der Waals surface area contributed by atoms with Crippen molar-refractivity contribution in [1.29, 1.82) is 0 Å². The molecule has 0 aliphatic rings. The van der Waals surface area contributed by atoms with Crippen molar-refractivity contribution in [2.24, 2.45) is 0 Å². The van der Waals surface area contributed by atoms with Gasteiger partial charge in [0.2, 0.25) is 0 Å². The topological polar surface area (TPSA) is 73.2 Å². The van der Waals surface area contributed by atoms with Crippen LogP contribution in [0.3, 0.4) is 0 Å². The average Bonchev–Trinajstić information content (AvgIpc) is 2.77. The maximum atomic E-state index is 13.3. The number of aryl methyl sites for hydroxylation is 1. The molecule has 0 aliphatic heterocycles. The Hall–Kier alpha value is -3.64. The smallest absolute Gasteiger partial charge is 0.265 e. The lowest BCUT2D eigenvalue weighted by Gasteiger charge is -2.14. The Balaban J connectivity index is 1.79. The molecular formula is C24H20ClN3O3. The molecule has 2 aromatic heterocycles. The highest BCUT2D eigenvalue weighted by molar-refractivity contribution is 6.31. The zero-order chi connectivity index (χ0) is 22.0. The number of hydrogen-bond acceptors (Lipinski definition) is 4.